The van der Waals surface area contributed by atoms with E-state index in [9.17, 15) is 9.59 Å². The summed E-state index contributed by atoms with van der Waals surface area (Å²) in [5.41, 5.74) is 0. The fraction of sp³-hybridized carbons (Fsp3) is 0.867. The Labute approximate surface area is 128 Å². The van der Waals surface area contributed by atoms with Crippen molar-refractivity contribution in [3.8, 4) is 0 Å². The molecule has 1 heterocycles. The third kappa shape index (κ3) is 4.45. The Hall–Kier alpha value is -0.563. The molecule has 1 aliphatic rings. The highest BCUT2D eigenvalue weighted by Crippen LogP contribution is 2.38. The SMILES string of the molecule is CC(=O)C(=O)[C@H](O[Si](C)(C)C(C)(C)C)[C@H]1COC(C)(C)O1. The third-order valence-corrected chi connectivity index (χ3v) is 8.66. The van der Waals surface area contributed by atoms with Gasteiger partial charge >= 0.3 is 0 Å². The Kier molecular flexibility index (Phi) is 5.20. The minimum absolute atomic E-state index is 0.0582. The lowest BCUT2D eigenvalue weighted by atomic mass is 10.1. The average molecular weight is 316 g/mol. The molecule has 0 spiro atoms. The highest BCUT2D eigenvalue weighted by molar-refractivity contribution is 6.74. The average Bonchev–Trinajstić information content (AvgIpc) is 2.63. The molecule has 0 radical (unpaired) electrons. The fourth-order valence-electron chi connectivity index (χ4n) is 1.86. The fourth-order valence-corrected chi connectivity index (χ4v) is 3.10. The Bertz CT molecular complexity index is 422. The standard InChI is InChI=1S/C15H28O5Si/c1-10(16)12(17)13(11-9-18-15(5,6)19-11)20-21(7,8)14(2,3)4/h11,13H,9H2,1-8H3/t11-,13-/m1/s1. The lowest BCUT2D eigenvalue weighted by molar-refractivity contribution is -0.159. The van der Waals surface area contributed by atoms with Crippen LogP contribution in [-0.2, 0) is 23.5 Å². The Morgan fingerprint density at radius 3 is 2.14 bits per heavy atom. The molecule has 0 aromatic carbocycles. The van der Waals surface area contributed by atoms with Crippen LogP contribution in [0.15, 0.2) is 0 Å². The first kappa shape index (κ1) is 18.5. The Balaban J connectivity index is 3.00. The molecular weight excluding hydrogens is 288 g/mol. The van der Waals surface area contributed by atoms with Crippen LogP contribution in [0.1, 0.15) is 41.5 Å². The van der Waals surface area contributed by atoms with E-state index in [1.54, 1.807) is 13.8 Å². The van der Waals surface area contributed by atoms with Crippen molar-refractivity contribution >= 4 is 19.9 Å². The molecule has 2 atom stereocenters. The van der Waals surface area contributed by atoms with Crippen LogP contribution in [0.25, 0.3) is 0 Å². The third-order valence-electron chi connectivity index (χ3n) is 4.20. The maximum Gasteiger partial charge on any atom is 0.228 e. The number of rotatable bonds is 5. The first-order valence-electron chi connectivity index (χ1n) is 7.31. The van der Waals surface area contributed by atoms with E-state index in [-0.39, 0.29) is 11.6 Å². The highest BCUT2D eigenvalue weighted by Gasteiger charge is 2.47. The zero-order chi connectivity index (χ0) is 16.6. The first-order valence-corrected chi connectivity index (χ1v) is 10.2. The summed E-state index contributed by atoms with van der Waals surface area (Å²) in [4.78, 5) is 23.8. The zero-order valence-corrected chi connectivity index (χ0v) is 15.4. The maximum atomic E-state index is 12.3. The molecule has 6 heteroatoms. The van der Waals surface area contributed by atoms with Gasteiger partial charge in [0, 0.05) is 6.92 Å². The lowest BCUT2D eigenvalue weighted by Crippen LogP contribution is -2.52. The molecular formula is C15H28O5Si. The van der Waals surface area contributed by atoms with Crippen molar-refractivity contribution in [1.82, 2.24) is 0 Å². The summed E-state index contributed by atoms with van der Waals surface area (Å²) in [7, 11) is -2.20. The van der Waals surface area contributed by atoms with Crippen molar-refractivity contribution in [3.63, 3.8) is 0 Å². The number of hydrogen-bond acceptors (Lipinski definition) is 5. The van der Waals surface area contributed by atoms with Gasteiger partial charge in [-0.2, -0.15) is 0 Å². The number of carbonyl (C=O) groups excluding carboxylic acids is 2. The number of ketones is 2. The maximum absolute atomic E-state index is 12.3. The summed E-state index contributed by atoms with van der Waals surface area (Å²) in [6.45, 7) is 15.5. The predicted molar refractivity (Wildman–Crippen MR) is 82.7 cm³/mol. The van der Waals surface area contributed by atoms with Gasteiger partial charge in [0.1, 0.15) is 12.2 Å². The van der Waals surface area contributed by atoms with Crippen LogP contribution in [0, 0.1) is 0 Å². The highest BCUT2D eigenvalue weighted by atomic mass is 28.4. The van der Waals surface area contributed by atoms with Gasteiger partial charge in [0.15, 0.2) is 19.9 Å². The van der Waals surface area contributed by atoms with Crippen LogP contribution in [0.5, 0.6) is 0 Å². The van der Waals surface area contributed by atoms with Crippen LogP contribution in [0.2, 0.25) is 18.1 Å². The number of Topliss-reactive ketones (excluding diaryl/α,β-unsaturated/α-hetero) is 2. The molecule has 122 valence electrons. The van der Waals surface area contributed by atoms with E-state index in [4.69, 9.17) is 13.9 Å². The van der Waals surface area contributed by atoms with E-state index < -0.39 is 37.9 Å². The quantitative estimate of drug-likeness (QED) is 0.576. The molecule has 0 aliphatic carbocycles. The van der Waals surface area contributed by atoms with E-state index >= 15 is 0 Å². The van der Waals surface area contributed by atoms with E-state index in [1.807, 2.05) is 13.1 Å². The summed E-state index contributed by atoms with van der Waals surface area (Å²) >= 11 is 0. The van der Waals surface area contributed by atoms with Crippen molar-refractivity contribution < 1.29 is 23.5 Å². The molecule has 1 fully saturated rings. The van der Waals surface area contributed by atoms with Crippen molar-refractivity contribution in [2.75, 3.05) is 6.61 Å². The summed E-state index contributed by atoms with van der Waals surface area (Å²) in [6.07, 6.45) is -1.42. The van der Waals surface area contributed by atoms with E-state index in [1.165, 1.54) is 6.92 Å². The summed E-state index contributed by atoms with van der Waals surface area (Å²) in [5, 5.41) is -0.0582. The minimum atomic E-state index is -2.20. The second-order valence-electron chi connectivity index (χ2n) is 7.59. The van der Waals surface area contributed by atoms with Gasteiger partial charge in [-0.3, -0.25) is 9.59 Å². The molecule has 21 heavy (non-hydrogen) atoms. The molecule has 0 aromatic rings. The van der Waals surface area contributed by atoms with Crippen molar-refractivity contribution in [1.29, 1.82) is 0 Å². The summed E-state index contributed by atoms with van der Waals surface area (Å²) in [5.74, 6) is -1.80. The largest absolute Gasteiger partial charge is 0.404 e. The lowest BCUT2D eigenvalue weighted by Gasteiger charge is -2.39. The number of ether oxygens (including phenoxy) is 2. The van der Waals surface area contributed by atoms with E-state index in [2.05, 4.69) is 20.8 Å². The second kappa shape index (κ2) is 5.91. The van der Waals surface area contributed by atoms with Crippen LogP contribution in [0.3, 0.4) is 0 Å². The van der Waals surface area contributed by atoms with Crippen LogP contribution in [-0.4, -0.2) is 44.5 Å². The van der Waals surface area contributed by atoms with Crippen LogP contribution < -0.4 is 0 Å². The first-order chi connectivity index (χ1) is 9.27. The minimum Gasteiger partial charge on any atom is -0.404 e. The monoisotopic (exact) mass is 316 g/mol. The summed E-state index contributed by atoms with van der Waals surface area (Å²) in [6, 6.07) is 0. The normalized spacial score (nSPS) is 23.9. The van der Waals surface area contributed by atoms with Gasteiger partial charge in [-0.1, -0.05) is 20.8 Å². The van der Waals surface area contributed by atoms with Crippen molar-refractivity contribution in [2.45, 2.75) is 77.7 Å². The Morgan fingerprint density at radius 2 is 1.81 bits per heavy atom. The smallest absolute Gasteiger partial charge is 0.228 e. The van der Waals surface area contributed by atoms with E-state index in [0.29, 0.717) is 0 Å². The van der Waals surface area contributed by atoms with Gasteiger partial charge in [-0.25, -0.2) is 0 Å². The predicted octanol–water partition coefficient (Wildman–Crippen LogP) is 2.69. The molecule has 0 N–H and O–H groups in total. The summed E-state index contributed by atoms with van der Waals surface area (Å²) < 4.78 is 17.4. The van der Waals surface area contributed by atoms with Gasteiger partial charge in [0.05, 0.1) is 6.61 Å². The van der Waals surface area contributed by atoms with E-state index in [0.717, 1.165) is 0 Å². The second-order valence-corrected chi connectivity index (χ2v) is 12.3. The molecule has 0 saturated carbocycles. The molecule has 0 unspecified atom stereocenters. The van der Waals surface area contributed by atoms with Gasteiger partial charge in [0.2, 0.25) is 5.78 Å². The van der Waals surface area contributed by atoms with Crippen LogP contribution in [0.4, 0.5) is 0 Å². The molecule has 0 bridgehead atoms. The molecule has 1 rings (SSSR count). The van der Waals surface area contributed by atoms with Crippen molar-refractivity contribution in [3.05, 3.63) is 0 Å². The molecule has 0 amide bonds. The number of carbonyl (C=O) groups is 2. The zero-order valence-electron chi connectivity index (χ0n) is 14.4. The van der Waals surface area contributed by atoms with Gasteiger partial charge < -0.3 is 13.9 Å². The molecule has 0 aromatic heterocycles. The Morgan fingerprint density at radius 1 is 1.29 bits per heavy atom. The molecule has 5 nitrogen and oxygen atoms in total. The van der Waals surface area contributed by atoms with Crippen LogP contribution >= 0.6 is 0 Å². The number of hydrogen-bond donors (Lipinski definition) is 0. The van der Waals surface area contributed by atoms with Gasteiger partial charge in [-0.15, -0.1) is 0 Å². The topological polar surface area (TPSA) is 61.8 Å². The van der Waals surface area contributed by atoms with Crippen molar-refractivity contribution in [2.24, 2.45) is 0 Å². The van der Waals surface area contributed by atoms with Gasteiger partial charge in [0.25, 0.3) is 0 Å². The molecule has 1 saturated heterocycles. The molecule has 1 aliphatic heterocycles. The van der Waals surface area contributed by atoms with Gasteiger partial charge in [-0.05, 0) is 32.0 Å².